The molecule has 190 valence electrons. The van der Waals surface area contributed by atoms with Crippen molar-refractivity contribution in [3.8, 4) is 0 Å². The van der Waals surface area contributed by atoms with Crippen molar-refractivity contribution < 1.29 is 19.1 Å². The SMILES string of the molecule is Cc1cc(NC(=O)C(=O)N2C[C@@H](C)CC[C@@H]2c2ccc3nc[nH]c3c2)cnc1NC(=O)OC(C)(C)C. The van der Waals surface area contributed by atoms with Crippen molar-refractivity contribution in [3.05, 3.63) is 47.9 Å². The lowest BCUT2D eigenvalue weighted by molar-refractivity contribution is -0.146. The van der Waals surface area contributed by atoms with E-state index in [0.717, 1.165) is 29.4 Å². The number of piperidine rings is 1. The molecule has 1 aromatic carbocycles. The average molecular weight is 493 g/mol. The number of likely N-dealkylation sites (tertiary alicyclic amines) is 1. The number of imidazole rings is 1. The quantitative estimate of drug-likeness (QED) is 0.460. The summed E-state index contributed by atoms with van der Waals surface area (Å²) < 4.78 is 5.25. The summed E-state index contributed by atoms with van der Waals surface area (Å²) in [5, 5.41) is 5.25. The molecule has 3 amide bonds. The lowest BCUT2D eigenvalue weighted by Crippen LogP contribution is -2.46. The van der Waals surface area contributed by atoms with Crippen LogP contribution in [0.5, 0.6) is 0 Å². The zero-order chi connectivity index (χ0) is 26.0. The molecular weight excluding hydrogens is 460 g/mol. The maximum absolute atomic E-state index is 13.3. The number of hydrogen-bond acceptors (Lipinski definition) is 6. The van der Waals surface area contributed by atoms with E-state index in [9.17, 15) is 14.4 Å². The molecule has 0 bridgehead atoms. The standard InChI is InChI=1S/C26H32N6O4/c1-15-6-9-21(17-7-8-19-20(11-17)29-14-28-19)32(13-15)24(34)23(33)30-18-10-16(2)22(27-12-18)31-25(35)36-26(3,4)5/h7-8,10-12,14-15,21H,6,9,13H2,1-5H3,(H,28,29)(H,30,33)(H,27,31,35)/t15-,21+/m0/s1. The van der Waals surface area contributed by atoms with E-state index < -0.39 is 23.5 Å². The molecular formula is C26H32N6O4. The maximum Gasteiger partial charge on any atom is 0.413 e. The number of rotatable bonds is 3. The Morgan fingerprint density at radius 2 is 1.89 bits per heavy atom. The first-order valence-corrected chi connectivity index (χ1v) is 12.0. The number of aromatic nitrogens is 3. The molecule has 3 heterocycles. The molecule has 36 heavy (non-hydrogen) atoms. The van der Waals surface area contributed by atoms with Crippen LogP contribution < -0.4 is 10.6 Å². The number of aryl methyl sites for hydroxylation is 1. The van der Waals surface area contributed by atoms with Crippen LogP contribution in [0, 0.1) is 12.8 Å². The van der Waals surface area contributed by atoms with Gasteiger partial charge in [0.15, 0.2) is 0 Å². The minimum Gasteiger partial charge on any atom is -0.444 e. The summed E-state index contributed by atoms with van der Waals surface area (Å²) in [7, 11) is 0. The lowest BCUT2D eigenvalue weighted by atomic mass is 9.89. The smallest absolute Gasteiger partial charge is 0.413 e. The summed E-state index contributed by atoms with van der Waals surface area (Å²) in [6.45, 7) is 9.62. The van der Waals surface area contributed by atoms with Gasteiger partial charge in [0.2, 0.25) is 0 Å². The van der Waals surface area contributed by atoms with Crippen molar-refractivity contribution in [2.75, 3.05) is 17.2 Å². The Hall–Kier alpha value is -3.95. The van der Waals surface area contributed by atoms with Gasteiger partial charge in [-0.15, -0.1) is 0 Å². The van der Waals surface area contributed by atoms with Crippen molar-refractivity contribution in [1.29, 1.82) is 0 Å². The molecule has 10 nitrogen and oxygen atoms in total. The second kappa shape index (κ2) is 9.96. The normalized spacial score (nSPS) is 18.1. The molecule has 0 spiro atoms. The first-order valence-electron chi connectivity index (χ1n) is 12.0. The molecule has 1 aliphatic heterocycles. The van der Waals surface area contributed by atoms with Gasteiger partial charge in [-0.05, 0) is 75.8 Å². The summed E-state index contributed by atoms with van der Waals surface area (Å²) in [6.07, 6.45) is 4.15. The number of ether oxygens (including phenoxy) is 1. The predicted octanol–water partition coefficient (Wildman–Crippen LogP) is 4.55. The first-order chi connectivity index (χ1) is 17.0. The third-order valence-corrected chi connectivity index (χ3v) is 6.06. The summed E-state index contributed by atoms with van der Waals surface area (Å²) in [5.41, 5.74) is 3.05. The van der Waals surface area contributed by atoms with E-state index in [0.29, 0.717) is 23.6 Å². The Balaban J connectivity index is 1.46. The largest absolute Gasteiger partial charge is 0.444 e. The van der Waals surface area contributed by atoms with Crippen LogP contribution in [0.4, 0.5) is 16.3 Å². The number of nitrogens with one attached hydrogen (secondary N) is 3. The molecule has 3 N–H and O–H groups in total. The highest BCUT2D eigenvalue weighted by molar-refractivity contribution is 6.39. The number of H-pyrrole nitrogens is 1. The van der Waals surface area contributed by atoms with Crippen LogP contribution in [-0.4, -0.2) is 49.9 Å². The minimum absolute atomic E-state index is 0.201. The van der Waals surface area contributed by atoms with Gasteiger partial charge in [0, 0.05) is 6.54 Å². The molecule has 1 fully saturated rings. The molecule has 3 aromatic rings. The zero-order valence-corrected chi connectivity index (χ0v) is 21.2. The Kier molecular flexibility index (Phi) is 6.96. The molecule has 0 aliphatic carbocycles. The van der Waals surface area contributed by atoms with E-state index in [1.165, 1.54) is 6.20 Å². The molecule has 1 aliphatic rings. The third-order valence-electron chi connectivity index (χ3n) is 6.06. The third kappa shape index (κ3) is 5.81. The van der Waals surface area contributed by atoms with Crippen LogP contribution in [0.25, 0.3) is 11.0 Å². The van der Waals surface area contributed by atoms with Crippen LogP contribution in [0.15, 0.2) is 36.8 Å². The van der Waals surface area contributed by atoms with Gasteiger partial charge < -0.3 is 19.9 Å². The Morgan fingerprint density at radius 3 is 2.61 bits per heavy atom. The Labute approximate surface area is 209 Å². The predicted molar refractivity (Wildman–Crippen MR) is 136 cm³/mol. The number of hydrogen-bond donors (Lipinski definition) is 3. The number of amides is 3. The van der Waals surface area contributed by atoms with Crippen LogP contribution in [0.3, 0.4) is 0 Å². The van der Waals surface area contributed by atoms with Gasteiger partial charge in [-0.2, -0.15) is 0 Å². The van der Waals surface area contributed by atoms with Crippen molar-refractivity contribution >= 4 is 40.4 Å². The number of fused-ring (bicyclic) bond motifs is 1. The van der Waals surface area contributed by atoms with Gasteiger partial charge >= 0.3 is 17.9 Å². The fourth-order valence-corrected chi connectivity index (χ4v) is 4.37. The van der Waals surface area contributed by atoms with Crippen LogP contribution in [-0.2, 0) is 14.3 Å². The molecule has 0 saturated carbocycles. The van der Waals surface area contributed by atoms with Crippen LogP contribution in [0.2, 0.25) is 0 Å². The molecule has 0 radical (unpaired) electrons. The summed E-state index contributed by atoms with van der Waals surface area (Å²) in [6, 6.07) is 7.32. The van der Waals surface area contributed by atoms with E-state index in [1.807, 2.05) is 18.2 Å². The molecule has 2 aromatic heterocycles. The van der Waals surface area contributed by atoms with Gasteiger partial charge in [0.25, 0.3) is 0 Å². The van der Waals surface area contributed by atoms with E-state index in [1.54, 1.807) is 45.0 Å². The van der Waals surface area contributed by atoms with Crippen LogP contribution in [0.1, 0.15) is 57.7 Å². The maximum atomic E-state index is 13.3. The number of pyridine rings is 1. The zero-order valence-electron chi connectivity index (χ0n) is 21.2. The molecule has 1 saturated heterocycles. The number of anilines is 2. The molecule has 10 heteroatoms. The first kappa shape index (κ1) is 25.2. The molecule has 2 atom stereocenters. The van der Waals surface area contributed by atoms with Crippen molar-refractivity contribution in [2.24, 2.45) is 5.92 Å². The summed E-state index contributed by atoms with van der Waals surface area (Å²) in [5.74, 6) is -0.723. The summed E-state index contributed by atoms with van der Waals surface area (Å²) >= 11 is 0. The highest BCUT2D eigenvalue weighted by Gasteiger charge is 2.34. The van der Waals surface area contributed by atoms with Crippen LogP contribution >= 0.6 is 0 Å². The van der Waals surface area contributed by atoms with Gasteiger partial charge in [0.1, 0.15) is 11.4 Å². The fourth-order valence-electron chi connectivity index (χ4n) is 4.37. The van der Waals surface area contributed by atoms with E-state index >= 15 is 0 Å². The molecule has 0 unspecified atom stereocenters. The number of benzene rings is 1. The second-order valence-electron chi connectivity index (χ2n) is 10.3. The fraction of sp³-hybridized carbons (Fsp3) is 0.423. The average Bonchev–Trinajstić information content (AvgIpc) is 3.27. The second-order valence-corrected chi connectivity index (χ2v) is 10.3. The monoisotopic (exact) mass is 492 g/mol. The van der Waals surface area contributed by atoms with Crippen molar-refractivity contribution in [3.63, 3.8) is 0 Å². The minimum atomic E-state index is -0.731. The summed E-state index contributed by atoms with van der Waals surface area (Å²) in [4.78, 5) is 51.5. The molecule has 4 rings (SSSR count). The van der Waals surface area contributed by atoms with Crippen molar-refractivity contribution in [2.45, 2.75) is 59.1 Å². The topological polar surface area (TPSA) is 129 Å². The Morgan fingerprint density at radius 1 is 1.11 bits per heavy atom. The number of carbonyl (C=O) groups is 3. The Bertz CT molecular complexity index is 1300. The van der Waals surface area contributed by atoms with Crippen molar-refractivity contribution in [1.82, 2.24) is 19.9 Å². The van der Waals surface area contributed by atoms with Gasteiger partial charge in [-0.1, -0.05) is 13.0 Å². The highest BCUT2D eigenvalue weighted by Crippen LogP contribution is 2.34. The van der Waals surface area contributed by atoms with E-state index in [-0.39, 0.29) is 12.0 Å². The van der Waals surface area contributed by atoms with Gasteiger partial charge in [-0.3, -0.25) is 14.9 Å². The lowest BCUT2D eigenvalue weighted by Gasteiger charge is -2.38. The number of carbonyl (C=O) groups excluding carboxylic acids is 3. The van der Waals surface area contributed by atoms with Gasteiger partial charge in [-0.25, -0.2) is 14.8 Å². The number of nitrogens with zero attached hydrogens (tertiary/aromatic N) is 3. The van der Waals surface area contributed by atoms with E-state index in [2.05, 4.69) is 32.5 Å². The number of aromatic amines is 1. The van der Waals surface area contributed by atoms with Gasteiger partial charge in [0.05, 0.1) is 35.3 Å². The van der Waals surface area contributed by atoms with E-state index in [4.69, 9.17) is 4.74 Å². The highest BCUT2D eigenvalue weighted by atomic mass is 16.6.